The van der Waals surface area contributed by atoms with E-state index < -0.39 is 21.4 Å². The number of aromatic nitrogens is 2. The summed E-state index contributed by atoms with van der Waals surface area (Å²) in [5.74, 6) is -1.40. The van der Waals surface area contributed by atoms with Gasteiger partial charge in [-0.15, -0.1) is 0 Å². The number of rotatable bonds is 4. The number of anilines is 1. The topological polar surface area (TPSA) is 132 Å². The van der Waals surface area contributed by atoms with Crippen LogP contribution in [0.25, 0.3) is 21.8 Å². The Bertz CT molecular complexity index is 1090. The van der Waals surface area contributed by atoms with Crippen LogP contribution in [-0.4, -0.2) is 41.6 Å². The Labute approximate surface area is 130 Å². The fourth-order valence-corrected chi connectivity index (χ4v) is 2.85. The molecule has 8 nitrogen and oxygen atoms in total. The number of benzene rings is 1. The maximum Gasteiger partial charge on any atom is 0.337 e. The zero-order valence-corrected chi connectivity index (χ0v) is 12.8. The van der Waals surface area contributed by atoms with E-state index in [0.717, 1.165) is 6.26 Å². The highest BCUT2D eigenvalue weighted by atomic mass is 32.2. The molecule has 3 rings (SSSR count). The molecule has 2 heterocycles. The van der Waals surface area contributed by atoms with E-state index in [4.69, 9.17) is 0 Å². The second-order valence-corrected chi connectivity index (χ2v) is 7.36. The first-order chi connectivity index (χ1) is 10.8. The predicted octanol–water partition coefficient (Wildman–Crippen LogP) is 1.12. The van der Waals surface area contributed by atoms with Crippen LogP contribution < -0.4 is 10.9 Å². The van der Waals surface area contributed by atoms with E-state index in [2.05, 4.69) is 15.3 Å². The molecule has 0 atom stereocenters. The standard InChI is InChI=1S/C14H13N3O5S/c1-23(21,22)6-16-7-2-3-10-8(4-7)11-9(14(19)20)5-15-12(11)13(18)17-10/h2-5,15-16H,6H2,1H3,(H,17,18)(H,19,20). The predicted molar refractivity (Wildman–Crippen MR) is 86.7 cm³/mol. The van der Waals surface area contributed by atoms with Crippen LogP contribution in [0.4, 0.5) is 5.69 Å². The zero-order chi connectivity index (χ0) is 16.8. The molecule has 0 aliphatic heterocycles. The summed E-state index contributed by atoms with van der Waals surface area (Å²) >= 11 is 0. The molecule has 3 aromatic rings. The molecule has 4 N–H and O–H groups in total. The van der Waals surface area contributed by atoms with Gasteiger partial charge in [-0.1, -0.05) is 0 Å². The number of hydrogen-bond donors (Lipinski definition) is 4. The van der Waals surface area contributed by atoms with Crippen molar-refractivity contribution >= 4 is 43.3 Å². The van der Waals surface area contributed by atoms with E-state index in [0.29, 0.717) is 22.0 Å². The van der Waals surface area contributed by atoms with Crippen molar-refractivity contribution in [1.82, 2.24) is 9.97 Å². The number of nitrogens with one attached hydrogen (secondary N) is 3. The molecule has 2 aromatic heterocycles. The number of aromatic amines is 2. The maximum absolute atomic E-state index is 12.0. The fraction of sp³-hybridized carbons (Fsp3) is 0.143. The minimum atomic E-state index is -3.20. The molecule has 0 unspecified atom stereocenters. The monoisotopic (exact) mass is 335 g/mol. The van der Waals surface area contributed by atoms with Crippen LogP contribution >= 0.6 is 0 Å². The molecule has 0 aliphatic rings. The van der Waals surface area contributed by atoms with Crippen molar-refractivity contribution in [2.24, 2.45) is 0 Å². The van der Waals surface area contributed by atoms with E-state index in [1.54, 1.807) is 18.2 Å². The summed E-state index contributed by atoms with van der Waals surface area (Å²) in [7, 11) is -3.20. The molecule has 0 saturated heterocycles. The van der Waals surface area contributed by atoms with Crippen molar-refractivity contribution in [3.63, 3.8) is 0 Å². The number of sulfone groups is 1. The number of H-pyrrole nitrogens is 2. The third kappa shape index (κ3) is 2.78. The van der Waals surface area contributed by atoms with E-state index in [-0.39, 0.29) is 17.0 Å². The van der Waals surface area contributed by atoms with E-state index in [1.165, 1.54) is 6.20 Å². The molecular formula is C14H13N3O5S. The van der Waals surface area contributed by atoms with Gasteiger partial charge >= 0.3 is 5.97 Å². The summed E-state index contributed by atoms with van der Waals surface area (Å²) in [6.07, 6.45) is 2.36. The highest BCUT2D eigenvalue weighted by Gasteiger charge is 2.16. The van der Waals surface area contributed by atoms with Crippen LogP contribution in [0.2, 0.25) is 0 Å². The first-order valence-corrected chi connectivity index (χ1v) is 8.64. The highest BCUT2D eigenvalue weighted by Crippen LogP contribution is 2.27. The van der Waals surface area contributed by atoms with Gasteiger partial charge in [0.2, 0.25) is 0 Å². The van der Waals surface area contributed by atoms with Crippen LogP contribution in [0.5, 0.6) is 0 Å². The lowest BCUT2D eigenvalue weighted by Crippen LogP contribution is -2.12. The lowest BCUT2D eigenvalue weighted by molar-refractivity contribution is 0.0699. The summed E-state index contributed by atoms with van der Waals surface area (Å²) in [6.45, 7) is 0. The molecule has 1 aromatic carbocycles. The normalized spacial score (nSPS) is 11.9. The SMILES string of the molecule is CS(=O)(=O)CNc1ccc2[nH]c(=O)c3[nH]cc(C(=O)O)c3c2c1. The van der Waals surface area contributed by atoms with Crippen molar-refractivity contribution in [2.45, 2.75) is 0 Å². The quantitative estimate of drug-likeness (QED) is 0.565. The van der Waals surface area contributed by atoms with Crippen LogP contribution in [0, 0.1) is 0 Å². The van der Waals surface area contributed by atoms with E-state index in [9.17, 15) is 23.1 Å². The Balaban J connectivity index is 2.26. The van der Waals surface area contributed by atoms with Crippen LogP contribution in [0.1, 0.15) is 10.4 Å². The van der Waals surface area contributed by atoms with Gasteiger partial charge in [0.25, 0.3) is 5.56 Å². The Kier molecular flexibility index (Phi) is 3.37. The molecule has 0 fully saturated rings. The van der Waals surface area contributed by atoms with Crippen molar-refractivity contribution < 1.29 is 18.3 Å². The molecule has 9 heteroatoms. The largest absolute Gasteiger partial charge is 0.478 e. The molecule has 0 aliphatic carbocycles. The van der Waals surface area contributed by atoms with Crippen LogP contribution in [0.3, 0.4) is 0 Å². The van der Waals surface area contributed by atoms with Gasteiger partial charge in [0.15, 0.2) is 9.84 Å². The van der Waals surface area contributed by atoms with Gasteiger partial charge in [0, 0.05) is 34.4 Å². The van der Waals surface area contributed by atoms with Gasteiger partial charge in [0.1, 0.15) is 11.4 Å². The summed E-state index contributed by atoms with van der Waals surface area (Å²) in [6, 6.07) is 4.82. The number of aromatic carboxylic acids is 1. The molecular weight excluding hydrogens is 322 g/mol. The van der Waals surface area contributed by atoms with E-state index >= 15 is 0 Å². The summed E-state index contributed by atoms with van der Waals surface area (Å²) in [5, 5.41) is 12.8. The molecule has 120 valence electrons. The molecule has 0 spiro atoms. The van der Waals surface area contributed by atoms with Gasteiger partial charge in [-0.05, 0) is 18.2 Å². The maximum atomic E-state index is 12.0. The van der Waals surface area contributed by atoms with Crippen molar-refractivity contribution in [3.05, 3.63) is 40.3 Å². The number of hydrogen-bond acceptors (Lipinski definition) is 5. The third-order valence-corrected chi connectivity index (χ3v) is 4.08. The molecule has 23 heavy (non-hydrogen) atoms. The Morgan fingerprint density at radius 3 is 2.74 bits per heavy atom. The Morgan fingerprint density at radius 1 is 1.35 bits per heavy atom. The molecule has 0 saturated carbocycles. The lowest BCUT2D eigenvalue weighted by Gasteiger charge is -2.07. The minimum Gasteiger partial charge on any atom is -0.478 e. The highest BCUT2D eigenvalue weighted by molar-refractivity contribution is 7.90. The Morgan fingerprint density at radius 2 is 2.09 bits per heavy atom. The number of carboxylic acid groups (broad SMARTS) is 1. The number of carbonyl (C=O) groups is 1. The van der Waals surface area contributed by atoms with Crippen LogP contribution in [0.15, 0.2) is 29.2 Å². The summed E-state index contributed by atoms with van der Waals surface area (Å²) < 4.78 is 22.5. The molecule has 0 amide bonds. The molecule has 0 bridgehead atoms. The van der Waals surface area contributed by atoms with Crippen molar-refractivity contribution in [3.8, 4) is 0 Å². The first kappa shape index (κ1) is 15.1. The van der Waals surface area contributed by atoms with Gasteiger partial charge in [0.05, 0.1) is 5.56 Å². The summed E-state index contributed by atoms with van der Waals surface area (Å²) in [5.41, 5.74) is 0.701. The first-order valence-electron chi connectivity index (χ1n) is 6.58. The van der Waals surface area contributed by atoms with E-state index in [1.807, 2.05) is 0 Å². The molecule has 0 radical (unpaired) electrons. The zero-order valence-electron chi connectivity index (χ0n) is 12.0. The second-order valence-electron chi connectivity index (χ2n) is 5.22. The van der Waals surface area contributed by atoms with Gasteiger partial charge in [-0.25, -0.2) is 13.2 Å². The average molecular weight is 335 g/mol. The number of pyridine rings is 1. The van der Waals surface area contributed by atoms with Crippen molar-refractivity contribution in [2.75, 3.05) is 17.4 Å². The summed E-state index contributed by atoms with van der Waals surface area (Å²) in [4.78, 5) is 28.7. The lowest BCUT2D eigenvalue weighted by atomic mass is 10.1. The van der Waals surface area contributed by atoms with Gasteiger partial charge in [-0.3, -0.25) is 4.79 Å². The van der Waals surface area contributed by atoms with Crippen molar-refractivity contribution in [1.29, 1.82) is 0 Å². The average Bonchev–Trinajstić information content (AvgIpc) is 2.90. The number of carboxylic acids is 1. The second kappa shape index (κ2) is 5.13. The third-order valence-electron chi connectivity index (χ3n) is 3.41. The fourth-order valence-electron chi connectivity index (χ4n) is 2.42. The Hall–Kier alpha value is -2.81. The van der Waals surface area contributed by atoms with Gasteiger partial charge < -0.3 is 20.4 Å². The smallest absolute Gasteiger partial charge is 0.337 e. The van der Waals surface area contributed by atoms with Crippen LogP contribution in [-0.2, 0) is 9.84 Å². The number of fused-ring (bicyclic) bond motifs is 3. The minimum absolute atomic E-state index is 0.0173. The van der Waals surface area contributed by atoms with Gasteiger partial charge in [-0.2, -0.15) is 0 Å².